The van der Waals surface area contributed by atoms with Crippen LogP contribution in [-0.4, -0.2) is 46.7 Å². The number of carbonyl (C=O) groups is 1. The van der Waals surface area contributed by atoms with E-state index in [1.807, 2.05) is 18.2 Å². The maximum absolute atomic E-state index is 10.6. The molecule has 0 spiro atoms. The molecular formula is C20H30O5. The third-order valence-corrected chi connectivity index (χ3v) is 5.64. The number of fused-ring (bicyclic) bond motifs is 1. The Kier molecular flexibility index (Phi) is 6.31. The van der Waals surface area contributed by atoms with Crippen molar-refractivity contribution < 1.29 is 24.5 Å². The molecule has 0 unspecified atom stereocenters. The summed E-state index contributed by atoms with van der Waals surface area (Å²) in [5, 5.41) is 18.9. The number of hydrogen-bond donors (Lipinski definition) is 2. The number of aliphatic hydroxyl groups excluding tert-OH is 1. The molecule has 3 saturated heterocycles. The number of carboxylic acids is 1. The normalized spacial score (nSPS) is 37.5. The quantitative estimate of drug-likeness (QED) is 0.468. The monoisotopic (exact) mass is 350 g/mol. The van der Waals surface area contributed by atoms with Crippen LogP contribution in [0.1, 0.15) is 51.9 Å². The van der Waals surface area contributed by atoms with Gasteiger partial charge in [-0.25, -0.2) is 0 Å². The first kappa shape index (κ1) is 18.6. The lowest BCUT2D eigenvalue weighted by molar-refractivity contribution is -0.136. The fourth-order valence-corrected chi connectivity index (χ4v) is 4.41. The van der Waals surface area contributed by atoms with Crippen molar-refractivity contribution in [1.29, 1.82) is 0 Å². The fourth-order valence-electron chi connectivity index (χ4n) is 4.41. The van der Waals surface area contributed by atoms with E-state index in [2.05, 4.69) is 13.0 Å². The highest BCUT2D eigenvalue weighted by atomic mass is 16.6. The largest absolute Gasteiger partial charge is 0.481 e. The van der Waals surface area contributed by atoms with Crippen molar-refractivity contribution >= 4 is 5.97 Å². The van der Waals surface area contributed by atoms with E-state index in [-0.39, 0.29) is 48.8 Å². The van der Waals surface area contributed by atoms with Crippen LogP contribution in [0.25, 0.3) is 0 Å². The lowest BCUT2D eigenvalue weighted by Crippen LogP contribution is -2.31. The Balaban J connectivity index is 1.56. The number of allylic oxidation sites excluding steroid dienone is 1. The number of aliphatic hydroxyl groups is 1. The zero-order valence-electron chi connectivity index (χ0n) is 14.9. The molecule has 5 heteroatoms. The number of aliphatic carboxylic acids is 1. The molecule has 3 rings (SSSR count). The first-order chi connectivity index (χ1) is 12.1. The van der Waals surface area contributed by atoms with E-state index in [1.54, 1.807) is 0 Å². The van der Waals surface area contributed by atoms with E-state index in [1.165, 1.54) is 0 Å². The average Bonchev–Trinajstić information content (AvgIpc) is 3.18. The van der Waals surface area contributed by atoms with Gasteiger partial charge in [-0.1, -0.05) is 50.5 Å². The summed E-state index contributed by atoms with van der Waals surface area (Å²) in [6, 6.07) is 0. The molecule has 0 aromatic rings. The van der Waals surface area contributed by atoms with E-state index in [4.69, 9.17) is 14.6 Å². The van der Waals surface area contributed by atoms with Crippen LogP contribution in [0.2, 0.25) is 0 Å². The Labute approximate surface area is 149 Å². The number of carboxylic acid groups (broad SMARTS) is 1. The zero-order chi connectivity index (χ0) is 17.8. The lowest BCUT2D eigenvalue weighted by atomic mass is 9.77. The third-order valence-electron chi connectivity index (χ3n) is 5.64. The maximum Gasteiger partial charge on any atom is 0.303 e. The van der Waals surface area contributed by atoms with Crippen LogP contribution in [0.15, 0.2) is 24.3 Å². The predicted molar refractivity (Wildman–Crippen MR) is 94.2 cm³/mol. The molecule has 3 aliphatic rings. The van der Waals surface area contributed by atoms with Crippen molar-refractivity contribution in [3.8, 4) is 0 Å². The summed E-state index contributed by atoms with van der Waals surface area (Å²) in [7, 11) is 0. The smallest absolute Gasteiger partial charge is 0.303 e. The van der Waals surface area contributed by atoms with Gasteiger partial charge in [0.2, 0.25) is 0 Å². The van der Waals surface area contributed by atoms with Crippen LogP contribution < -0.4 is 0 Å². The minimum atomic E-state index is -0.779. The molecule has 25 heavy (non-hydrogen) atoms. The van der Waals surface area contributed by atoms with Gasteiger partial charge in [-0.2, -0.15) is 0 Å². The number of rotatable bonds is 10. The number of unbranched alkanes of at least 4 members (excludes halogenated alkanes) is 2. The highest BCUT2D eigenvalue weighted by Crippen LogP contribution is 2.52. The summed E-state index contributed by atoms with van der Waals surface area (Å²) >= 11 is 0. The summed E-state index contributed by atoms with van der Waals surface area (Å²) in [6.45, 7) is 2.16. The first-order valence-corrected chi connectivity index (χ1v) is 9.66. The molecule has 0 aliphatic carbocycles. The molecule has 3 aliphatic heterocycles. The van der Waals surface area contributed by atoms with Gasteiger partial charge in [-0.3, -0.25) is 4.79 Å². The van der Waals surface area contributed by atoms with Crippen LogP contribution in [-0.2, 0) is 14.3 Å². The van der Waals surface area contributed by atoms with Gasteiger partial charge in [0.1, 0.15) is 0 Å². The van der Waals surface area contributed by atoms with E-state index >= 15 is 0 Å². The third kappa shape index (κ3) is 4.33. The van der Waals surface area contributed by atoms with Crippen molar-refractivity contribution in [3.63, 3.8) is 0 Å². The van der Waals surface area contributed by atoms with Crippen LogP contribution in [0.4, 0.5) is 0 Å². The molecule has 7 atom stereocenters. The molecule has 0 radical (unpaired) electrons. The van der Waals surface area contributed by atoms with E-state index in [9.17, 15) is 9.90 Å². The van der Waals surface area contributed by atoms with Gasteiger partial charge in [0.05, 0.1) is 30.5 Å². The predicted octanol–water partition coefficient (Wildman–Crippen LogP) is 3.08. The van der Waals surface area contributed by atoms with E-state index in [0.717, 1.165) is 32.1 Å². The van der Waals surface area contributed by atoms with E-state index in [0.29, 0.717) is 6.42 Å². The molecule has 3 heterocycles. The van der Waals surface area contributed by atoms with Crippen molar-refractivity contribution in [2.45, 2.75) is 82.4 Å². The van der Waals surface area contributed by atoms with E-state index < -0.39 is 5.97 Å². The van der Waals surface area contributed by atoms with Gasteiger partial charge >= 0.3 is 5.97 Å². The van der Waals surface area contributed by atoms with Crippen molar-refractivity contribution in [3.05, 3.63) is 24.3 Å². The number of hydrogen-bond acceptors (Lipinski definition) is 4. The van der Waals surface area contributed by atoms with Crippen molar-refractivity contribution in [1.82, 2.24) is 0 Å². The van der Waals surface area contributed by atoms with Gasteiger partial charge in [-0.05, 0) is 12.8 Å². The molecule has 0 aromatic carbocycles. The molecule has 140 valence electrons. The van der Waals surface area contributed by atoms with Gasteiger partial charge in [0.25, 0.3) is 0 Å². The minimum absolute atomic E-state index is 0.0109. The van der Waals surface area contributed by atoms with Gasteiger partial charge in [-0.15, -0.1) is 0 Å². The highest BCUT2D eigenvalue weighted by Gasteiger charge is 2.61. The van der Waals surface area contributed by atoms with Crippen LogP contribution in [0.3, 0.4) is 0 Å². The molecule has 3 fully saturated rings. The van der Waals surface area contributed by atoms with Crippen molar-refractivity contribution in [2.24, 2.45) is 11.8 Å². The summed E-state index contributed by atoms with van der Waals surface area (Å²) in [4.78, 5) is 10.6. The highest BCUT2D eigenvalue weighted by molar-refractivity contribution is 5.66. The SMILES string of the molecule is CCCCC[C@@H](O)C=C[C@H]1[C@@H]2[C@@H]3O[C@H]1C[C@@H]3O[C@H]2C=CCCC(=O)O. The zero-order valence-corrected chi connectivity index (χ0v) is 14.9. The average molecular weight is 350 g/mol. The fraction of sp³-hybridized carbons (Fsp3) is 0.750. The first-order valence-electron chi connectivity index (χ1n) is 9.66. The molecule has 5 nitrogen and oxygen atoms in total. The van der Waals surface area contributed by atoms with Gasteiger partial charge in [0, 0.05) is 24.7 Å². The number of ether oxygens (including phenoxy) is 2. The summed E-state index contributed by atoms with van der Waals surface area (Å²) in [6.07, 6.45) is 13.9. The van der Waals surface area contributed by atoms with Gasteiger partial charge in [0.15, 0.2) is 0 Å². The Morgan fingerprint density at radius 2 is 2.08 bits per heavy atom. The lowest BCUT2D eigenvalue weighted by Gasteiger charge is -2.22. The Bertz CT molecular complexity index is 512. The Hall–Kier alpha value is -1.17. The molecule has 0 amide bonds. The maximum atomic E-state index is 10.6. The Morgan fingerprint density at radius 1 is 1.24 bits per heavy atom. The molecule has 0 aromatic heterocycles. The van der Waals surface area contributed by atoms with Crippen LogP contribution in [0, 0.1) is 11.8 Å². The van der Waals surface area contributed by atoms with Crippen molar-refractivity contribution in [2.75, 3.05) is 0 Å². The Morgan fingerprint density at radius 3 is 2.84 bits per heavy atom. The topological polar surface area (TPSA) is 76.0 Å². The van der Waals surface area contributed by atoms with Crippen LogP contribution in [0.5, 0.6) is 0 Å². The molecule has 2 N–H and O–H groups in total. The second kappa shape index (κ2) is 8.47. The van der Waals surface area contributed by atoms with Crippen LogP contribution >= 0.6 is 0 Å². The standard InChI is InChI=1S/C20H30O5/c1-2-3-4-7-13(21)10-11-14-16-12-17-20(25-16)19(14)15(24-17)8-5-6-9-18(22)23/h5,8,10-11,13-17,19-21H,2-4,6-7,9,12H2,1H3,(H,22,23)/t13-,14-,15+,16+,17+,19+,20-/m1/s1. The second-order valence-electron chi connectivity index (χ2n) is 7.48. The summed E-state index contributed by atoms with van der Waals surface area (Å²) in [5.74, 6) is -0.221. The molecule has 2 bridgehead atoms. The molecule has 0 saturated carbocycles. The summed E-state index contributed by atoms with van der Waals surface area (Å²) in [5.41, 5.74) is 0. The van der Waals surface area contributed by atoms with Gasteiger partial charge < -0.3 is 19.7 Å². The summed E-state index contributed by atoms with van der Waals surface area (Å²) < 4.78 is 12.2. The molecular weight excluding hydrogens is 320 g/mol. The second-order valence-corrected chi connectivity index (χ2v) is 7.48. The minimum Gasteiger partial charge on any atom is -0.481 e.